The maximum absolute atomic E-state index is 11.5. The summed E-state index contributed by atoms with van der Waals surface area (Å²) in [6, 6.07) is 0.480. The van der Waals surface area contributed by atoms with Crippen LogP contribution >= 0.6 is 11.6 Å². The molecule has 1 atom stereocenters. The minimum Gasteiger partial charge on any atom is -0.341 e. The first-order chi connectivity index (χ1) is 6.72. The van der Waals surface area contributed by atoms with Crippen molar-refractivity contribution in [2.75, 3.05) is 12.9 Å². The van der Waals surface area contributed by atoms with Crippen LogP contribution in [0, 0.1) is 11.8 Å². The van der Waals surface area contributed by atoms with E-state index in [0.717, 1.165) is 11.8 Å². The van der Waals surface area contributed by atoms with Crippen LogP contribution < -0.4 is 0 Å². The van der Waals surface area contributed by atoms with Gasteiger partial charge in [0.1, 0.15) is 5.88 Å². The molecule has 0 heterocycles. The van der Waals surface area contributed by atoms with Crippen molar-refractivity contribution < 1.29 is 4.79 Å². The summed E-state index contributed by atoms with van der Waals surface area (Å²) in [7, 11) is 1.91. The highest BCUT2D eigenvalue weighted by atomic mass is 35.5. The van der Waals surface area contributed by atoms with Crippen molar-refractivity contribution in [3.63, 3.8) is 0 Å². The molecule has 0 saturated heterocycles. The van der Waals surface area contributed by atoms with Crippen LogP contribution in [-0.4, -0.2) is 29.8 Å². The monoisotopic (exact) mass is 215 g/mol. The number of nitrogens with zero attached hydrogens (tertiary/aromatic N) is 1. The van der Waals surface area contributed by atoms with Gasteiger partial charge in [0.05, 0.1) is 0 Å². The summed E-state index contributed by atoms with van der Waals surface area (Å²) in [5, 5.41) is 0. The molecule has 80 valence electrons. The largest absolute Gasteiger partial charge is 0.341 e. The SMILES string of the molecule is CN(C(=O)CCl)C1CC2CCC1CC2. The molecule has 0 radical (unpaired) electrons. The lowest BCUT2D eigenvalue weighted by molar-refractivity contribution is -0.132. The molecule has 3 rings (SSSR count). The van der Waals surface area contributed by atoms with Gasteiger partial charge < -0.3 is 4.90 Å². The van der Waals surface area contributed by atoms with Crippen molar-refractivity contribution in [1.29, 1.82) is 0 Å². The molecule has 2 bridgehead atoms. The smallest absolute Gasteiger partial charge is 0.237 e. The van der Waals surface area contributed by atoms with Crippen molar-refractivity contribution in [1.82, 2.24) is 4.90 Å². The van der Waals surface area contributed by atoms with Crippen molar-refractivity contribution in [2.45, 2.75) is 38.1 Å². The maximum Gasteiger partial charge on any atom is 0.237 e. The van der Waals surface area contributed by atoms with E-state index in [2.05, 4.69) is 0 Å². The summed E-state index contributed by atoms with van der Waals surface area (Å²) in [5.41, 5.74) is 0. The first-order valence-corrected chi connectivity index (χ1v) is 6.07. The zero-order valence-corrected chi connectivity index (χ0v) is 9.46. The molecule has 0 spiro atoms. The van der Waals surface area contributed by atoms with Crippen LogP contribution in [-0.2, 0) is 4.79 Å². The second kappa shape index (κ2) is 4.09. The molecule has 1 unspecified atom stereocenters. The molecule has 0 aromatic rings. The van der Waals surface area contributed by atoms with Gasteiger partial charge in [0.25, 0.3) is 0 Å². The second-order valence-electron chi connectivity index (χ2n) is 4.72. The zero-order chi connectivity index (χ0) is 10.1. The van der Waals surface area contributed by atoms with Crippen LogP contribution in [0.25, 0.3) is 0 Å². The highest BCUT2D eigenvalue weighted by molar-refractivity contribution is 6.27. The summed E-state index contributed by atoms with van der Waals surface area (Å²) in [4.78, 5) is 13.4. The summed E-state index contributed by atoms with van der Waals surface area (Å²) < 4.78 is 0. The summed E-state index contributed by atoms with van der Waals surface area (Å²) in [5.74, 6) is 1.83. The van der Waals surface area contributed by atoms with E-state index in [0.29, 0.717) is 6.04 Å². The van der Waals surface area contributed by atoms with Crippen molar-refractivity contribution in [3.8, 4) is 0 Å². The molecule has 1 amide bonds. The van der Waals surface area contributed by atoms with Crippen molar-refractivity contribution in [3.05, 3.63) is 0 Å². The number of rotatable bonds is 2. The molecule has 3 aliphatic carbocycles. The average molecular weight is 216 g/mol. The van der Waals surface area contributed by atoms with E-state index in [1.165, 1.54) is 32.1 Å². The van der Waals surface area contributed by atoms with Gasteiger partial charge in [0.15, 0.2) is 0 Å². The van der Waals surface area contributed by atoms with E-state index in [9.17, 15) is 4.79 Å². The Morgan fingerprint density at radius 3 is 2.43 bits per heavy atom. The summed E-state index contributed by atoms with van der Waals surface area (Å²) in [6.45, 7) is 0. The first-order valence-electron chi connectivity index (χ1n) is 5.54. The molecule has 3 saturated carbocycles. The Bertz CT molecular complexity index is 223. The van der Waals surface area contributed by atoms with Gasteiger partial charge in [-0.2, -0.15) is 0 Å². The van der Waals surface area contributed by atoms with Crippen LogP contribution in [0.2, 0.25) is 0 Å². The molecular weight excluding hydrogens is 198 g/mol. The lowest BCUT2D eigenvalue weighted by Gasteiger charge is -2.46. The van der Waals surface area contributed by atoms with Gasteiger partial charge in [-0.15, -0.1) is 11.6 Å². The fourth-order valence-electron chi connectivity index (χ4n) is 3.10. The third kappa shape index (κ3) is 1.77. The molecule has 3 aliphatic rings. The van der Waals surface area contributed by atoms with E-state index in [1.807, 2.05) is 11.9 Å². The quantitative estimate of drug-likeness (QED) is 0.648. The third-order valence-corrected chi connectivity index (χ3v) is 4.24. The van der Waals surface area contributed by atoms with Gasteiger partial charge in [-0.25, -0.2) is 0 Å². The Labute approximate surface area is 90.6 Å². The fourth-order valence-corrected chi connectivity index (χ4v) is 3.28. The van der Waals surface area contributed by atoms with Gasteiger partial charge in [-0.05, 0) is 31.1 Å². The molecular formula is C11H18ClNO. The van der Waals surface area contributed by atoms with Crippen LogP contribution in [0.3, 0.4) is 0 Å². The van der Waals surface area contributed by atoms with Gasteiger partial charge in [0, 0.05) is 13.1 Å². The Balaban J connectivity index is 2.01. The molecule has 0 N–H and O–H groups in total. The van der Waals surface area contributed by atoms with E-state index >= 15 is 0 Å². The predicted molar refractivity (Wildman–Crippen MR) is 57.3 cm³/mol. The molecule has 2 nitrogen and oxygen atoms in total. The minimum atomic E-state index is 0.0872. The normalized spacial score (nSPS) is 35.7. The maximum atomic E-state index is 11.5. The highest BCUT2D eigenvalue weighted by Crippen LogP contribution is 2.43. The lowest BCUT2D eigenvalue weighted by atomic mass is 9.67. The van der Waals surface area contributed by atoms with Crippen LogP contribution in [0.1, 0.15) is 32.1 Å². The van der Waals surface area contributed by atoms with Gasteiger partial charge in [-0.3, -0.25) is 4.79 Å². The number of alkyl halides is 1. The third-order valence-electron chi connectivity index (χ3n) is 4.02. The topological polar surface area (TPSA) is 20.3 Å². The Morgan fingerprint density at radius 2 is 2.00 bits per heavy atom. The van der Waals surface area contributed by atoms with Crippen LogP contribution in [0.15, 0.2) is 0 Å². The molecule has 0 aliphatic heterocycles. The number of carbonyl (C=O) groups excluding carboxylic acids is 1. The molecule has 14 heavy (non-hydrogen) atoms. The van der Waals surface area contributed by atoms with Crippen LogP contribution in [0.4, 0.5) is 0 Å². The van der Waals surface area contributed by atoms with Crippen molar-refractivity contribution in [2.24, 2.45) is 11.8 Å². The minimum absolute atomic E-state index is 0.0872. The number of fused-ring (bicyclic) bond motifs is 3. The number of hydrogen-bond donors (Lipinski definition) is 0. The molecule has 3 heteroatoms. The van der Waals surface area contributed by atoms with E-state index in [-0.39, 0.29) is 11.8 Å². The Kier molecular flexibility index (Phi) is 3.01. The molecule has 3 fully saturated rings. The van der Waals surface area contributed by atoms with E-state index < -0.39 is 0 Å². The van der Waals surface area contributed by atoms with Crippen molar-refractivity contribution >= 4 is 17.5 Å². The van der Waals surface area contributed by atoms with Gasteiger partial charge in [-0.1, -0.05) is 12.8 Å². The Morgan fingerprint density at radius 1 is 1.36 bits per heavy atom. The average Bonchev–Trinajstić information content (AvgIpc) is 2.28. The number of amides is 1. The molecule has 0 aromatic heterocycles. The molecule has 0 aromatic carbocycles. The van der Waals surface area contributed by atoms with Crippen LogP contribution in [0.5, 0.6) is 0 Å². The number of hydrogen-bond acceptors (Lipinski definition) is 1. The van der Waals surface area contributed by atoms with Gasteiger partial charge >= 0.3 is 0 Å². The lowest BCUT2D eigenvalue weighted by Crippen LogP contribution is -2.48. The standard InChI is InChI=1S/C11H18ClNO/c1-13(11(14)7-12)10-6-8-2-4-9(10)5-3-8/h8-10H,2-7H2,1H3. The van der Waals surface area contributed by atoms with Gasteiger partial charge in [0.2, 0.25) is 5.91 Å². The zero-order valence-electron chi connectivity index (χ0n) is 8.71. The summed E-state index contributed by atoms with van der Waals surface area (Å²) >= 11 is 5.58. The summed E-state index contributed by atoms with van der Waals surface area (Å²) in [6.07, 6.45) is 6.60. The fraction of sp³-hybridized carbons (Fsp3) is 0.909. The Hall–Kier alpha value is -0.240. The van der Waals surface area contributed by atoms with E-state index in [1.54, 1.807) is 0 Å². The number of carbonyl (C=O) groups is 1. The first kappa shape index (κ1) is 10.3. The van der Waals surface area contributed by atoms with E-state index in [4.69, 9.17) is 11.6 Å². The number of halogens is 1. The highest BCUT2D eigenvalue weighted by Gasteiger charge is 2.38. The predicted octanol–water partition coefficient (Wildman–Crippen LogP) is 2.26. The second-order valence-corrected chi connectivity index (χ2v) is 4.99.